The van der Waals surface area contributed by atoms with Crippen molar-refractivity contribution in [1.29, 1.82) is 0 Å². The van der Waals surface area contributed by atoms with Gasteiger partial charge in [-0.3, -0.25) is 4.79 Å². The summed E-state index contributed by atoms with van der Waals surface area (Å²) >= 11 is 1.55. The van der Waals surface area contributed by atoms with Gasteiger partial charge in [0.15, 0.2) is 0 Å². The Kier molecular flexibility index (Phi) is 4.91. The summed E-state index contributed by atoms with van der Waals surface area (Å²) in [5.74, 6) is 1.32. The third kappa shape index (κ3) is 3.63. The minimum Gasteiger partial charge on any atom is -0.457 e. The van der Waals surface area contributed by atoms with Gasteiger partial charge in [-0.2, -0.15) is 0 Å². The monoisotopic (exact) mass is 338 g/mol. The maximum Gasteiger partial charge on any atom is 0.254 e. The van der Waals surface area contributed by atoms with Gasteiger partial charge in [-0.15, -0.1) is 11.3 Å². The molecule has 4 nitrogen and oxygen atoms in total. The topological polar surface area (TPSA) is 42.4 Å². The van der Waals surface area contributed by atoms with Crippen LogP contribution in [-0.4, -0.2) is 22.8 Å². The third-order valence-electron chi connectivity index (χ3n) is 3.77. The molecule has 0 radical (unpaired) electrons. The van der Waals surface area contributed by atoms with Gasteiger partial charge >= 0.3 is 0 Å². The van der Waals surface area contributed by atoms with Crippen LogP contribution in [0.15, 0.2) is 66.2 Å². The van der Waals surface area contributed by atoms with Gasteiger partial charge in [0.2, 0.25) is 0 Å². The molecule has 122 valence electrons. The van der Waals surface area contributed by atoms with Crippen molar-refractivity contribution in [3.8, 4) is 11.5 Å². The number of thiazole rings is 1. The molecule has 24 heavy (non-hydrogen) atoms. The predicted octanol–water partition coefficient (Wildman–Crippen LogP) is 4.77. The zero-order valence-electron chi connectivity index (χ0n) is 13.5. The minimum absolute atomic E-state index is 0.0591. The van der Waals surface area contributed by atoms with Crippen molar-refractivity contribution < 1.29 is 9.53 Å². The van der Waals surface area contributed by atoms with Crippen LogP contribution in [0.5, 0.6) is 11.5 Å². The van der Waals surface area contributed by atoms with Crippen LogP contribution in [0.1, 0.15) is 28.3 Å². The molecule has 1 aromatic heterocycles. The zero-order chi connectivity index (χ0) is 16.9. The van der Waals surface area contributed by atoms with E-state index in [1.807, 2.05) is 54.8 Å². The summed E-state index contributed by atoms with van der Waals surface area (Å²) < 4.78 is 5.80. The lowest BCUT2D eigenvalue weighted by atomic mass is 10.1. The molecular formula is C19H18N2O2S. The van der Waals surface area contributed by atoms with Crippen molar-refractivity contribution in [1.82, 2.24) is 9.88 Å². The molecule has 3 rings (SSSR count). The number of amides is 1. The highest BCUT2D eigenvalue weighted by atomic mass is 32.1. The van der Waals surface area contributed by atoms with E-state index in [0.29, 0.717) is 11.3 Å². The van der Waals surface area contributed by atoms with E-state index in [2.05, 4.69) is 4.98 Å². The molecule has 0 saturated carbocycles. The number of carbonyl (C=O) groups is 1. The summed E-state index contributed by atoms with van der Waals surface area (Å²) in [5, 5.41) is 2.83. The summed E-state index contributed by atoms with van der Waals surface area (Å²) in [6.45, 7) is 1.97. The first-order valence-electron chi connectivity index (χ1n) is 7.64. The number of carbonyl (C=O) groups excluding carboxylic acids is 1. The van der Waals surface area contributed by atoms with E-state index in [1.165, 1.54) is 0 Å². The summed E-state index contributed by atoms with van der Waals surface area (Å²) in [5.41, 5.74) is 0.592. The number of aromatic nitrogens is 1. The van der Waals surface area contributed by atoms with Crippen molar-refractivity contribution in [3.63, 3.8) is 0 Å². The van der Waals surface area contributed by atoms with E-state index < -0.39 is 0 Å². The van der Waals surface area contributed by atoms with Gasteiger partial charge in [-0.05, 0) is 37.3 Å². The first-order chi connectivity index (χ1) is 11.6. The van der Waals surface area contributed by atoms with Crippen molar-refractivity contribution >= 4 is 17.2 Å². The van der Waals surface area contributed by atoms with Gasteiger partial charge in [0.1, 0.15) is 16.5 Å². The normalized spacial score (nSPS) is 11.8. The number of hydrogen-bond donors (Lipinski definition) is 0. The molecule has 1 atom stereocenters. The van der Waals surface area contributed by atoms with E-state index in [9.17, 15) is 4.79 Å². The Morgan fingerprint density at radius 3 is 2.58 bits per heavy atom. The summed E-state index contributed by atoms with van der Waals surface area (Å²) in [6, 6.07) is 16.7. The Balaban J connectivity index is 1.76. The molecule has 0 aliphatic rings. The van der Waals surface area contributed by atoms with Crippen LogP contribution in [0.25, 0.3) is 0 Å². The molecule has 0 aliphatic carbocycles. The molecule has 0 bridgehead atoms. The van der Waals surface area contributed by atoms with Crippen LogP contribution in [0.2, 0.25) is 0 Å². The molecule has 0 saturated heterocycles. The Hall–Kier alpha value is -2.66. The van der Waals surface area contributed by atoms with Crippen LogP contribution in [0.4, 0.5) is 0 Å². The molecule has 1 unspecified atom stereocenters. The average Bonchev–Trinajstić information content (AvgIpc) is 3.15. The second kappa shape index (κ2) is 7.27. The second-order valence-corrected chi connectivity index (χ2v) is 6.33. The van der Waals surface area contributed by atoms with Gasteiger partial charge in [-0.1, -0.05) is 24.3 Å². The quantitative estimate of drug-likeness (QED) is 0.673. The van der Waals surface area contributed by atoms with Crippen LogP contribution < -0.4 is 4.74 Å². The zero-order valence-corrected chi connectivity index (χ0v) is 14.4. The summed E-state index contributed by atoms with van der Waals surface area (Å²) in [6.07, 6.45) is 1.75. The molecule has 3 aromatic rings. The van der Waals surface area contributed by atoms with Crippen molar-refractivity contribution in [2.24, 2.45) is 0 Å². The molecule has 5 heteroatoms. The minimum atomic E-state index is -0.0730. The number of ether oxygens (including phenoxy) is 1. The van der Waals surface area contributed by atoms with E-state index in [4.69, 9.17) is 4.74 Å². The number of hydrogen-bond acceptors (Lipinski definition) is 4. The standard InChI is InChI=1S/C19H18N2O2S/c1-14(18-20-11-12-24-18)21(2)19(22)15-7-6-10-17(13-15)23-16-8-4-3-5-9-16/h3-14H,1-2H3. The number of para-hydroxylation sites is 1. The van der Waals surface area contributed by atoms with Crippen LogP contribution in [-0.2, 0) is 0 Å². The smallest absolute Gasteiger partial charge is 0.254 e. The summed E-state index contributed by atoms with van der Waals surface area (Å²) in [7, 11) is 1.79. The van der Waals surface area contributed by atoms with Crippen molar-refractivity contribution in [2.45, 2.75) is 13.0 Å². The fraction of sp³-hybridized carbons (Fsp3) is 0.158. The van der Waals surface area contributed by atoms with Crippen LogP contribution in [0.3, 0.4) is 0 Å². The highest BCUT2D eigenvalue weighted by Gasteiger charge is 2.20. The molecule has 1 amide bonds. The lowest BCUT2D eigenvalue weighted by Crippen LogP contribution is -2.29. The molecule has 2 aromatic carbocycles. The van der Waals surface area contributed by atoms with Crippen molar-refractivity contribution in [2.75, 3.05) is 7.05 Å². The van der Waals surface area contributed by atoms with Gasteiger partial charge in [0, 0.05) is 24.2 Å². The third-order valence-corrected chi connectivity index (χ3v) is 4.72. The number of nitrogens with zero attached hydrogens (tertiary/aromatic N) is 2. The molecular weight excluding hydrogens is 320 g/mol. The largest absolute Gasteiger partial charge is 0.457 e. The molecule has 0 fully saturated rings. The van der Waals surface area contributed by atoms with Crippen molar-refractivity contribution in [3.05, 3.63) is 76.7 Å². The lowest BCUT2D eigenvalue weighted by molar-refractivity contribution is 0.0742. The molecule has 0 N–H and O–H groups in total. The van der Waals surface area contributed by atoms with Gasteiger partial charge in [0.25, 0.3) is 5.91 Å². The predicted molar refractivity (Wildman–Crippen MR) is 95.6 cm³/mol. The average molecular weight is 338 g/mol. The first-order valence-corrected chi connectivity index (χ1v) is 8.52. The maximum atomic E-state index is 12.7. The Morgan fingerprint density at radius 2 is 1.88 bits per heavy atom. The highest BCUT2D eigenvalue weighted by molar-refractivity contribution is 7.09. The van der Waals surface area contributed by atoms with Gasteiger partial charge in [-0.25, -0.2) is 4.98 Å². The van der Waals surface area contributed by atoms with Crippen LogP contribution >= 0.6 is 11.3 Å². The fourth-order valence-corrected chi connectivity index (χ4v) is 3.04. The molecule has 0 aliphatic heterocycles. The Morgan fingerprint density at radius 1 is 1.12 bits per heavy atom. The second-order valence-electron chi connectivity index (χ2n) is 5.41. The van der Waals surface area contributed by atoms with E-state index in [-0.39, 0.29) is 11.9 Å². The molecule has 0 spiro atoms. The number of rotatable bonds is 5. The Labute approximate surface area is 145 Å². The molecule has 1 heterocycles. The fourth-order valence-electron chi connectivity index (χ4n) is 2.30. The number of benzene rings is 2. The van der Waals surface area contributed by atoms with E-state index in [0.717, 1.165) is 10.8 Å². The first kappa shape index (κ1) is 16.2. The summed E-state index contributed by atoms with van der Waals surface area (Å²) in [4.78, 5) is 18.7. The van der Waals surface area contributed by atoms with E-state index in [1.54, 1.807) is 41.6 Å². The van der Waals surface area contributed by atoms with Gasteiger partial charge in [0.05, 0.1) is 6.04 Å². The lowest BCUT2D eigenvalue weighted by Gasteiger charge is -2.23. The SMILES string of the molecule is CC(c1nccs1)N(C)C(=O)c1cccc(Oc2ccccc2)c1. The van der Waals surface area contributed by atoms with Crippen LogP contribution in [0, 0.1) is 0 Å². The maximum absolute atomic E-state index is 12.7. The Bertz CT molecular complexity index is 803. The highest BCUT2D eigenvalue weighted by Crippen LogP contribution is 2.25. The van der Waals surface area contributed by atoms with E-state index >= 15 is 0 Å². The van der Waals surface area contributed by atoms with Gasteiger partial charge < -0.3 is 9.64 Å².